The molecule has 2 fully saturated rings. The Labute approximate surface area is 107 Å². The van der Waals surface area contributed by atoms with E-state index in [4.69, 9.17) is 0 Å². The third-order valence-electron chi connectivity index (χ3n) is 4.83. The average Bonchev–Trinajstić information content (AvgIpc) is 2.84. The summed E-state index contributed by atoms with van der Waals surface area (Å²) in [5.74, 6) is 2.85. The number of nitrogens with one attached hydrogen (secondary N) is 1. The van der Waals surface area contributed by atoms with Crippen molar-refractivity contribution in [1.29, 1.82) is 0 Å². The molecular weight excluding hydrogens is 208 g/mol. The summed E-state index contributed by atoms with van der Waals surface area (Å²) in [6.45, 7) is 5.83. The highest BCUT2D eigenvalue weighted by atomic mass is 15.1. The topological polar surface area (TPSA) is 15.3 Å². The summed E-state index contributed by atoms with van der Waals surface area (Å²) < 4.78 is 0. The van der Waals surface area contributed by atoms with E-state index in [1.807, 2.05) is 0 Å². The van der Waals surface area contributed by atoms with Crippen molar-refractivity contribution in [3.05, 3.63) is 0 Å². The molecule has 0 amide bonds. The van der Waals surface area contributed by atoms with Crippen LogP contribution in [0.3, 0.4) is 0 Å². The van der Waals surface area contributed by atoms with Gasteiger partial charge in [0.05, 0.1) is 0 Å². The summed E-state index contributed by atoms with van der Waals surface area (Å²) in [5, 5.41) is 3.86. The molecule has 4 unspecified atom stereocenters. The van der Waals surface area contributed by atoms with Crippen molar-refractivity contribution in [2.75, 3.05) is 20.6 Å². The van der Waals surface area contributed by atoms with Gasteiger partial charge in [-0.05, 0) is 57.5 Å². The molecule has 2 saturated carbocycles. The van der Waals surface area contributed by atoms with Crippen molar-refractivity contribution in [3.63, 3.8) is 0 Å². The van der Waals surface area contributed by atoms with Crippen LogP contribution < -0.4 is 5.32 Å². The molecule has 2 aliphatic rings. The van der Waals surface area contributed by atoms with Gasteiger partial charge < -0.3 is 10.2 Å². The first-order valence-corrected chi connectivity index (χ1v) is 7.46. The molecule has 2 aliphatic carbocycles. The predicted molar refractivity (Wildman–Crippen MR) is 74.2 cm³/mol. The lowest BCUT2D eigenvalue weighted by Crippen LogP contribution is -2.44. The van der Waals surface area contributed by atoms with E-state index in [0.29, 0.717) is 6.04 Å². The van der Waals surface area contributed by atoms with Crippen LogP contribution in [0.25, 0.3) is 0 Å². The number of nitrogens with zero attached hydrogens (tertiary/aromatic N) is 1. The molecule has 0 aromatic rings. The lowest BCUT2D eigenvalue weighted by atomic mass is 9.94. The van der Waals surface area contributed by atoms with Crippen LogP contribution in [0.2, 0.25) is 0 Å². The Balaban J connectivity index is 1.75. The molecule has 2 bridgehead atoms. The molecule has 0 saturated heterocycles. The first kappa shape index (κ1) is 13.4. The van der Waals surface area contributed by atoms with Crippen LogP contribution in [-0.2, 0) is 0 Å². The first-order chi connectivity index (χ1) is 8.06. The van der Waals surface area contributed by atoms with Crippen LogP contribution in [-0.4, -0.2) is 37.6 Å². The smallest absolute Gasteiger partial charge is 0.0217 e. The Morgan fingerprint density at radius 3 is 2.41 bits per heavy atom. The molecule has 0 aromatic carbocycles. The Morgan fingerprint density at radius 1 is 1.18 bits per heavy atom. The van der Waals surface area contributed by atoms with Crippen LogP contribution in [0.15, 0.2) is 0 Å². The van der Waals surface area contributed by atoms with E-state index in [1.165, 1.54) is 38.6 Å². The summed E-state index contributed by atoms with van der Waals surface area (Å²) >= 11 is 0. The van der Waals surface area contributed by atoms with Gasteiger partial charge in [-0.3, -0.25) is 0 Å². The molecular formula is C15H30N2. The van der Waals surface area contributed by atoms with Crippen LogP contribution in [0, 0.1) is 17.8 Å². The van der Waals surface area contributed by atoms with Crippen molar-refractivity contribution in [1.82, 2.24) is 10.2 Å². The van der Waals surface area contributed by atoms with Crippen molar-refractivity contribution >= 4 is 0 Å². The molecule has 0 radical (unpaired) electrons. The standard InChI is InChI=1S/C15H30N2/c1-11(2)7-14(17(3)4)10-16-15-9-12-5-6-13(15)8-12/h11-16H,5-10H2,1-4H3. The fourth-order valence-electron chi connectivity index (χ4n) is 3.80. The molecule has 4 atom stereocenters. The van der Waals surface area contributed by atoms with Crippen molar-refractivity contribution < 1.29 is 0 Å². The summed E-state index contributed by atoms with van der Waals surface area (Å²) in [7, 11) is 4.44. The molecule has 2 nitrogen and oxygen atoms in total. The van der Waals surface area contributed by atoms with Gasteiger partial charge in [0.2, 0.25) is 0 Å². The van der Waals surface area contributed by atoms with Gasteiger partial charge in [0.15, 0.2) is 0 Å². The number of likely N-dealkylation sites (N-methyl/N-ethyl adjacent to an activating group) is 1. The quantitative estimate of drug-likeness (QED) is 0.765. The zero-order valence-corrected chi connectivity index (χ0v) is 12.1. The van der Waals surface area contributed by atoms with E-state index in [0.717, 1.165) is 23.8 Å². The molecule has 0 spiro atoms. The summed E-state index contributed by atoms with van der Waals surface area (Å²) in [5.41, 5.74) is 0. The Bertz CT molecular complexity index is 237. The van der Waals surface area contributed by atoms with Crippen molar-refractivity contribution in [2.24, 2.45) is 17.8 Å². The highest BCUT2D eigenvalue weighted by Gasteiger charge is 2.39. The Hall–Kier alpha value is -0.0800. The maximum Gasteiger partial charge on any atom is 0.0217 e. The minimum Gasteiger partial charge on any atom is -0.312 e. The Morgan fingerprint density at radius 2 is 1.94 bits per heavy atom. The Kier molecular flexibility index (Phi) is 4.48. The summed E-state index contributed by atoms with van der Waals surface area (Å²) in [6.07, 6.45) is 7.26. The molecule has 100 valence electrons. The molecule has 17 heavy (non-hydrogen) atoms. The van der Waals surface area contributed by atoms with E-state index in [9.17, 15) is 0 Å². The van der Waals surface area contributed by atoms with Gasteiger partial charge in [-0.25, -0.2) is 0 Å². The van der Waals surface area contributed by atoms with Crippen LogP contribution in [0.4, 0.5) is 0 Å². The second-order valence-corrected chi connectivity index (χ2v) is 6.94. The van der Waals surface area contributed by atoms with E-state index in [1.54, 1.807) is 0 Å². The monoisotopic (exact) mass is 238 g/mol. The van der Waals surface area contributed by atoms with E-state index in [-0.39, 0.29) is 0 Å². The first-order valence-electron chi connectivity index (χ1n) is 7.46. The van der Waals surface area contributed by atoms with Gasteiger partial charge in [-0.2, -0.15) is 0 Å². The third kappa shape index (κ3) is 3.45. The zero-order chi connectivity index (χ0) is 12.4. The maximum absolute atomic E-state index is 3.86. The van der Waals surface area contributed by atoms with Crippen LogP contribution in [0.1, 0.15) is 46.0 Å². The van der Waals surface area contributed by atoms with Crippen molar-refractivity contribution in [3.8, 4) is 0 Å². The van der Waals surface area contributed by atoms with Gasteiger partial charge in [-0.1, -0.05) is 20.3 Å². The molecule has 2 rings (SSSR count). The molecule has 0 aromatic heterocycles. The second kappa shape index (κ2) is 5.71. The van der Waals surface area contributed by atoms with Gasteiger partial charge in [-0.15, -0.1) is 0 Å². The highest BCUT2D eigenvalue weighted by Crippen LogP contribution is 2.44. The summed E-state index contributed by atoms with van der Waals surface area (Å²) in [4.78, 5) is 2.39. The zero-order valence-electron chi connectivity index (χ0n) is 12.1. The van der Waals surface area contributed by atoms with E-state index >= 15 is 0 Å². The molecule has 0 aliphatic heterocycles. The average molecular weight is 238 g/mol. The van der Waals surface area contributed by atoms with Crippen molar-refractivity contribution in [2.45, 2.75) is 58.0 Å². The van der Waals surface area contributed by atoms with E-state index < -0.39 is 0 Å². The van der Waals surface area contributed by atoms with Crippen LogP contribution in [0.5, 0.6) is 0 Å². The number of hydrogen-bond donors (Lipinski definition) is 1. The molecule has 0 heterocycles. The number of rotatable bonds is 6. The lowest BCUT2D eigenvalue weighted by Gasteiger charge is -2.30. The fourth-order valence-corrected chi connectivity index (χ4v) is 3.80. The number of hydrogen-bond acceptors (Lipinski definition) is 2. The normalized spacial score (nSPS) is 33.9. The third-order valence-corrected chi connectivity index (χ3v) is 4.83. The lowest BCUT2D eigenvalue weighted by molar-refractivity contribution is 0.228. The predicted octanol–water partition coefficient (Wildman–Crippen LogP) is 2.74. The second-order valence-electron chi connectivity index (χ2n) is 6.94. The SMILES string of the molecule is CC(C)CC(CNC1CC2CCC1C2)N(C)C. The minimum atomic E-state index is 0.703. The highest BCUT2D eigenvalue weighted by molar-refractivity contribution is 4.94. The van der Waals surface area contributed by atoms with E-state index in [2.05, 4.69) is 38.2 Å². The minimum absolute atomic E-state index is 0.703. The van der Waals surface area contributed by atoms with Gasteiger partial charge in [0, 0.05) is 18.6 Å². The molecule has 2 heteroatoms. The van der Waals surface area contributed by atoms with Crippen LogP contribution >= 0.6 is 0 Å². The molecule has 1 N–H and O–H groups in total. The number of fused-ring (bicyclic) bond motifs is 2. The van der Waals surface area contributed by atoms with Gasteiger partial charge >= 0.3 is 0 Å². The summed E-state index contributed by atoms with van der Waals surface area (Å²) in [6, 6.07) is 1.54. The van der Waals surface area contributed by atoms with Gasteiger partial charge in [0.1, 0.15) is 0 Å². The largest absolute Gasteiger partial charge is 0.312 e. The fraction of sp³-hybridized carbons (Fsp3) is 1.00. The maximum atomic E-state index is 3.86. The van der Waals surface area contributed by atoms with Gasteiger partial charge in [0.25, 0.3) is 0 Å².